The Kier molecular flexibility index (Phi) is 2.13. The Morgan fingerprint density at radius 2 is 1.33 bits per heavy atom. The van der Waals surface area contributed by atoms with E-state index in [1.54, 1.807) is 48.5 Å². The van der Waals surface area contributed by atoms with Crippen LogP contribution in [0.5, 0.6) is 0 Å². The SMILES string of the molecule is O=c1c2ccccc2n([N+](=O)[O-])c2ccccc12. The summed E-state index contributed by atoms with van der Waals surface area (Å²) < 4.78 is 0.950. The van der Waals surface area contributed by atoms with Crippen molar-refractivity contribution in [1.29, 1.82) is 0 Å². The molecular weight excluding hydrogens is 232 g/mol. The van der Waals surface area contributed by atoms with Crippen molar-refractivity contribution in [2.24, 2.45) is 0 Å². The molecule has 0 saturated heterocycles. The van der Waals surface area contributed by atoms with E-state index in [1.165, 1.54) is 0 Å². The molecule has 0 amide bonds. The third-order valence-corrected chi connectivity index (χ3v) is 2.92. The molecule has 0 N–H and O–H groups in total. The molecule has 0 aliphatic carbocycles. The lowest BCUT2D eigenvalue weighted by Gasteiger charge is -2.06. The molecule has 18 heavy (non-hydrogen) atoms. The van der Waals surface area contributed by atoms with Gasteiger partial charge in [0.05, 0.1) is 10.8 Å². The average Bonchev–Trinajstić information content (AvgIpc) is 2.39. The zero-order valence-electron chi connectivity index (χ0n) is 9.24. The van der Waals surface area contributed by atoms with E-state index in [1.807, 2.05) is 0 Å². The van der Waals surface area contributed by atoms with Gasteiger partial charge in [-0.2, -0.15) is 0 Å². The third kappa shape index (κ3) is 1.31. The molecule has 0 bridgehead atoms. The van der Waals surface area contributed by atoms with E-state index in [-0.39, 0.29) is 5.43 Å². The van der Waals surface area contributed by atoms with E-state index in [2.05, 4.69) is 0 Å². The minimum Gasteiger partial charge on any atom is -0.288 e. The molecule has 0 fully saturated rings. The first kappa shape index (κ1) is 10.5. The summed E-state index contributed by atoms with van der Waals surface area (Å²) in [5.41, 5.74) is 0.441. The maximum Gasteiger partial charge on any atom is 0.197 e. The van der Waals surface area contributed by atoms with E-state index < -0.39 is 5.03 Å². The van der Waals surface area contributed by atoms with E-state index in [9.17, 15) is 14.9 Å². The van der Waals surface area contributed by atoms with E-state index in [0.29, 0.717) is 21.8 Å². The van der Waals surface area contributed by atoms with Gasteiger partial charge in [-0.3, -0.25) is 4.79 Å². The molecule has 0 unspecified atom stereocenters. The summed E-state index contributed by atoms with van der Waals surface area (Å²) in [4.78, 5) is 23.4. The highest BCUT2D eigenvalue weighted by Crippen LogP contribution is 2.18. The van der Waals surface area contributed by atoms with Crippen molar-refractivity contribution in [3.63, 3.8) is 0 Å². The van der Waals surface area contributed by atoms with Gasteiger partial charge in [-0.05, 0) is 24.3 Å². The lowest BCUT2D eigenvalue weighted by Crippen LogP contribution is -2.16. The van der Waals surface area contributed by atoms with Crippen LogP contribution in [0, 0.1) is 10.1 Å². The first-order valence-electron chi connectivity index (χ1n) is 5.37. The number of fused-ring (bicyclic) bond motifs is 2. The van der Waals surface area contributed by atoms with Crippen molar-refractivity contribution >= 4 is 21.8 Å². The van der Waals surface area contributed by atoms with Gasteiger partial charge in [0.2, 0.25) is 0 Å². The number of pyridine rings is 1. The molecule has 0 aliphatic heterocycles. The van der Waals surface area contributed by atoms with E-state index in [4.69, 9.17) is 0 Å². The van der Waals surface area contributed by atoms with Gasteiger partial charge in [0.1, 0.15) is 11.0 Å². The summed E-state index contributed by atoms with van der Waals surface area (Å²) >= 11 is 0. The van der Waals surface area contributed by atoms with Crippen LogP contribution in [0.1, 0.15) is 0 Å². The zero-order chi connectivity index (χ0) is 12.7. The van der Waals surface area contributed by atoms with Gasteiger partial charge in [-0.1, -0.05) is 28.9 Å². The van der Waals surface area contributed by atoms with Gasteiger partial charge in [0.25, 0.3) is 0 Å². The number of aromatic nitrogens is 1. The fourth-order valence-corrected chi connectivity index (χ4v) is 2.15. The van der Waals surface area contributed by atoms with Crippen molar-refractivity contribution in [1.82, 2.24) is 4.68 Å². The Labute approximate surface area is 101 Å². The number of benzene rings is 2. The summed E-state index contributed by atoms with van der Waals surface area (Å²) in [5, 5.41) is 11.4. The molecule has 1 aromatic heterocycles. The molecule has 0 aliphatic rings. The Hall–Kier alpha value is -2.69. The molecule has 1 heterocycles. The Morgan fingerprint density at radius 1 is 0.889 bits per heavy atom. The van der Waals surface area contributed by atoms with Crippen LogP contribution in [0.3, 0.4) is 0 Å². The van der Waals surface area contributed by atoms with Crippen LogP contribution in [-0.4, -0.2) is 9.71 Å². The Morgan fingerprint density at radius 3 is 1.78 bits per heavy atom. The average molecular weight is 240 g/mol. The molecule has 5 heteroatoms. The van der Waals surface area contributed by atoms with Crippen LogP contribution < -0.4 is 5.43 Å². The summed E-state index contributed by atoms with van der Waals surface area (Å²) in [6.07, 6.45) is 0. The highest BCUT2D eigenvalue weighted by Gasteiger charge is 2.15. The fourth-order valence-electron chi connectivity index (χ4n) is 2.15. The van der Waals surface area contributed by atoms with Gasteiger partial charge >= 0.3 is 0 Å². The van der Waals surface area contributed by atoms with Crippen LogP contribution in [0.2, 0.25) is 0 Å². The molecule has 2 aromatic carbocycles. The number of nitrogens with zero attached hydrogens (tertiary/aromatic N) is 2. The molecule has 88 valence electrons. The zero-order valence-corrected chi connectivity index (χ0v) is 9.24. The van der Waals surface area contributed by atoms with Crippen LogP contribution in [0.15, 0.2) is 53.3 Å². The Bertz CT molecular complexity index is 776. The summed E-state index contributed by atoms with van der Waals surface area (Å²) in [5.74, 6) is 0. The van der Waals surface area contributed by atoms with Gasteiger partial charge in [0, 0.05) is 0 Å². The number of nitro groups is 1. The second-order valence-electron chi connectivity index (χ2n) is 3.91. The van der Waals surface area contributed by atoms with Gasteiger partial charge in [-0.25, -0.2) is 10.1 Å². The first-order valence-corrected chi connectivity index (χ1v) is 5.37. The van der Waals surface area contributed by atoms with Gasteiger partial charge in [-0.15, -0.1) is 0 Å². The number of hydrogen-bond acceptors (Lipinski definition) is 3. The lowest BCUT2D eigenvalue weighted by molar-refractivity contribution is -0.533. The standard InChI is InChI=1S/C13H8N2O3/c16-13-9-5-1-3-7-11(9)14(15(17)18)12-8-4-2-6-10(12)13/h1-8H. The van der Waals surface area contributed by atoms with Crippen molar-refractivity contribution in [2.45, 2.75) is 0 Å². The lowest BCUT2D eigenvalue weighted by atomic mass is 10.1. The second-order valence-corrected chi connectivity index (χ2v) is 3.91. The fraction of sp³-hybridized carbons (Fsp3) is 0. The third-order valence-electron chi connectivity index (χ3n) is 2.92. The summed E-state index contributed by atoms with van der Waals surface area (Å²) in [6, 6.07) is 13.1. The van der Waals surface area contributed by atoms with Crippen molar-refractivity contribution in [3.05, 3.63) is 68.9 Å². The predicted octanol–water partition coefficient (Wildman–Crippen LogP) is 2.19. The monoisotopic (exact) mass is 240 g/mol. The molecule has 3 aromatic rings. The topological polar surface area (TPSA) is 65.1 Å². The number of rotatable bonds is 1. The summed E-state index contributed by atoms with van der Waals surface area (Å²) in [7, 11) is 0. The van der Waals surface area contributed by atoms with Crippen LogP contribution >= 0.6 is 0 Å². The predicted molar refractivity (Wildman–Crippen MR) is 68.1 cm³/mol. The van der Waals surface area contributed by atoms with E-state index in [0.717, 1.165) is 4.68 Å². The molecule has 0 atom stereocenters. The molecule has 0 spiro atoms. The molecular formula is C13H8N2O3. The highest BCUT2D eigenvalue weighted by atomic mass is 16.7. The summed E-state index contributed by atoms with van der Waals surface area (Å²) in [6.45, 7) is 0. The Balaban J connectivity index is 2.72. The van der Waals surface area contributed by atoms with Gasteiger partial charge < -0.3 is 0 Å². The quantitative estimate of drug-likeness (QED) is 0.372. The van der Waals surface area contributed by atoms with Gasteiger partial charge in [0.15, 0.2) is 10.5 Å². The maximum atomic E-state index is 12.2. The normalized spacial score (nSPS) is 10.9. The number of hydrogen-bond donors (Lipinski definition) is 0. The van der Waals surface area contributed by atoms with Crippen molar-refractivity contribution in [3.8, 4) is 0 Å². The first-order chi connectivity index (χ1) is 8.70. The van der Waals surface area contributed by atoms with Crippen LogP contribution in [0.25, 0.3) is 21.8 Å². The molecule has 5 nitrogen and oxygen atoms in total. The van der Waals surface area contributed by atoms with Crippen molar-refractivity contribution < 1.29 is 5.03 Å². The second kappa shape index (κ2) is 3.66. The van der Waals surface area contributed by atoms with Crippen molar-refractivity contribution in [2.75, 3.05) is 0 Å². The minimum absolute atomic E-state index is 0.181. The molecule has 0 saturated carbocycles. The molecule has 3 rings (SSSR count). The smallest absolute Gasteiger partial charge is 0.197 e. The number of para-hydroxylation sites is 2. The molecule has 0 radical (unpaired) electrons. The largest absolute Gasteiger partial charge is 0.288 e. The van der Waals surface area contributed by atoms with E-state index >= 15 is 0 Å². The minimum atomic E-state index is -0.510. The highest BCUT2D eigenvalue weighted by molar-refractivity contribution is 5.92. The maximum absolute atomic E-state index is 12.2. The van der Waals surface area contributed by atoms with Crippen LogP contribution in [-0.2, 0) is 0 Å². The van der Waals surface area contributed by atoms with Crippen LogP contribution in [0.4, 0.5) is 0 Å².